The second kappa shape index (κ2) is 5.62. The molecule has 2 aliphatic heterocycles. The largest absolute Gasteiger partial charge is 0.372 e. The van der Waals surface area contributed by atoms with Gasteiger partial charge in [-0.2, -0.15) is 0 Å². The molecule has 3 heterocycles. The minimum atomic E-state index is 0.889. The third kappa shape index (κ3) is 2.39. The summed E-state index contributed by atoms with van der Waals surface area (Å²) in [5.74, 6) is 0. The molecule has 0 saturated carbocycles. The Labute approximate surface area is 148 Å². The molecular weight excluding hydrogens is 306 g/mol. The lowest BCUT2D eigenvalue weighted by Gasteiger charge is -2.20. The highest BCUT2D eigenvalue weighted by molar-refractivity contribution is 5.89. The summed E-state index contributed by atoms with van der Waals surface area (Å²) in [6.45, 7) is 7.63. The molecule has 5 rings (SSSR count). The smallest absolute Gasteiger partial charge is 0.0703 e. The van der Waals surface area contributed by atoms with Crippen LogP contribution in [-0.2, 0) is 6.54 Å². The normalized spacial score (nSPS) is 16.7. The predicted octanol–water partition coefficient (Wildman–Crippen LogP) is 4.83. The van der Waals surface area contributed by atoms with Crippen LogP contribution in [0.5, 0.6) is 0 Å². The molecule has 0 bridgehead atoms. The van der Waals surface area contributed by atoms with Crippen molar-refractivity contribution in [3.05, 3.63) is 72.4 Å². The lowest BCUT2D eigenvalue weighted by atomic mass is 10.1. The Balaban J connectivity index is 1.50. The van der Waals surface area contributed by atoms with Crippen LogP contribution < -0.4 is 9.80 Å². The zero-order valence-corrected chi connectivity index (χ0v) is 14.3. The Morgan fingerprint density at radius 3 is 2.64 bits per heavy atom. The van der Waals surface area contributed by atoms with Crippen LogP contribution in [0.15, 0.2) is 61.3 Å². The van der Waals surface area contributed by atoms with Crippen molar-refractivity contribution in [1.82, 2.24) is 4.98 Å². The van der Waals surface area contributed by atoms with Crippen molar-refractivity contribution >= 4 is 28.0 Å². The molecule has 3 nitrogen and oxygen atoms in total. The molecule has 1 fully saturated rings. The lowest BCUT2D eigenvalue weighted by Crippen LogP contribution is -2.17. The molecule has 0 N–H and O–H groups in total. The number of rotatable bonds is 2. The summed E-state index contributed by atoms with van der Waals surface area (Å²) in [6, 6.07) is 17.4. The molecule has 0 amide bonds. The average molecular weight is 327 g/mol. The number of benzene rings is 2. The van der Waals surface area contributed by atoms with Crippen LogP contribution in [0, 0.1) is 0 Å². The number of anilines is 2. The Morgan fingerprint density at radius 1 is 0.920 bits per heavy atom. The molecule has 0 unspecified atom stereocenters. The van der Waals surface area contributed by atoms with E-state index in [1.807, 2.05) is 12.3 Å². The van der Waals surface area contributed by atoms with Crippen LogP contribution in [0.3, 0.4) is 0 Å². The molecule has 3 heteroatoms. The van der Waals surface area contributed by atoms with E-state index in [-0.39, 0.29) is 0 Å². The fraction of sp³-hybridized carbons (Fsp3) is 0.227. The van der Waals surface area contributed by atoms with E-state index in [0.29, 0.717) is 0 Å². The summed E-state index contributed by atoms with van der Waals surface area (Å²) in [7, 11) is 0. The van der Waals surface area contributed by atoms with Crippen molar-refractivity contribution in [1.29, 1.82) is 0 Å². The number of pyridine rings is 1. The van der Waals surface area contributed by atoms with Crippen molar-refractivity contribution in [3.8, 4) is 0 Å². The van der Waals surface area contributed by atoms with Gasteiger partial charge in [-0.15, -0.1) is 0 Å². The minimum Gasteiger partial charge on any atom is -0.372 e. The van der Waals surface area contributed by atoms with Gasteiger partial charge in [0, 0.05) is 53.9 Å². The molecule has 124 valence electrons. The van der Waals surface area contributed by atoms with Gasteiger partial charge in [0.15, 0.2) is 0 Å². The first-order valence-corrected chi connectivity index (χ1v) is 8.99. The number of hydrogen-bond donors (Lipinski definition) is 0. The number of fused-ring (bicyclic) bond motifs is 2. The van der Waals surface area contributed by atoms with Gasteiger partial charge in [-0.05, 0) is 54.8 Å². The number of hydrogen-bond acceptors (Lipinski definition) is 3. The van der Waals surface area contributed by atoms with E-state index in [9.17, 15) is 0 Å². The summed E-state index contributed by atoms with van der Waals surface area (Å²) < 4.78 is 0. The molecule has 2 aliphatic rings. The maximum atomic E-state index is 4.42. The topological polar surface area (TPSA) is 19.4 Å². The molecular formula is C22H21N3. The Kier molecular flexibility index (Phi) is 3.27. The first-order valence-electron chi connectivity index (χ1n) is 8.99. The van der Waals surface area contributed by atoms with E-state index in [4.69, 9.17) is 0 Å². The van der Waals surface area contributed by atoms with E-state index in [0.717, 1.165) is 17.8 Å². The van der Waals surface area contributed by atoms with Crippen LogP contribution >= 0.6 is 0 Å². The van der Waals surface area contributed by atoms with Crippen LogP contribution in [0.4, 0.5) is 11.4 Å². The first kappa shape index (κ1) is 14.5. The van der Waals surface area contributed by atoms with Gasteiger partial charge in [0.25, 0.3) is 0 Å². The van der Waals surface area contributed by atoms with Gasteiger partial charge in [-0.25, -0.2) is 0 Å². The zero-order valence-electron chi connectivity index (χ0n) is 14.3. The Bertz CT molecular complexity index is 970. The molecule has 1 aromatic heterocycles. The van der Waals surface area contributed by atoms with E-state index in [2.05, 4.69) is 63.8 Å². The molecule has 0 aliphatic carbocycles. The third-order valence-corrected chi connectivity index (χ3v) is 5.43. The van der Waals surface area contributed by atoms with Crippen LogP contribution in [0.1, 0.15) is 24.0 Å². The summed E-state index contributed by atoms with van der Waals surface area (Å²) in [4.78, 5) is 9.21. The van der Waals surface area contributed by atoms with E-state index < -0.39 is 0 Å². The maximum absolute atomic E-state index is 4.42. The van der Waals surface area contributed by atoms with Crippen LogP contribution in [0.25, 0.3) is 16.6 Å². The summed E-state index contributed by atoms with van der Waals surface area (Å²) in [5.41, 5.74) is 7.30. The second-order valence-corrected chi connectivity index (χ2v) is 6.95. The first-order chi connectivity index (χ1) is 12.3. The van der Waals surface area contributed by atoms with Crippen molar-refractivity contribution in [2.75, 3.05) is 22.9 Å². The van der Waals surface area contributed by atoms with Gasteiger partial charge < -0.3 is 9.80 Å². The second-order valence-electron chi connectivity index (χ2n) is 6.95. The molecule has 2 aromatic carbocycles. The number of nitrogens with zero attached hydrogens (tertiary/aromatic N) is 3. The van der Waals surface area contributed by atoms with Gasteiger partial charge in [-0.1, -0.05) is 18.7 Å². The molecule has 0 spiro atoms. The van der Waals surface area contributed by atoms with Crippen molar-refractivity contribution in [3.63, 3.8) is 0 Å². The molecule has 0 radical (unpaired) electrons. The van der Waals surface area contributed by atoms with Crippen molar-refractivity contribution in [2.24, 2.45) is 0 Å². The fourth-order valence-corrected chi connectivity index (χ4v) is 4.03. The van der Waals surface area contributed by atoms with Crippen LogP contribution in [-0.4, -0.2) is 18.1 Å². The lowest BCUT2D eigenvalue weighted by molar-refractivity contribution is 0.949. The van der Waals surface area contributed by atoms with Gasteiger partial charge in [-0.3, -0.25) is 4.98 Å². The Morgan fingerprint density at radius 2 is 1.76 bits per heavy atom. The van der Waals surface area contributed by atoms with E-state index >= 15 is 0 Å². The minimum absolute atomic E-state index is 0.889. The molecule has 3 aromatic rings. The van der Waals surface area contributed by atoms with E-state index in [1.54, 1.807) is 0 Å². The highest BCUT2D eigenvalue weighted by atomic mass is 15.2. The van der Waals surface area contributed by atoms with Crippen molar-refractivity contribution in [2.45, 2.75) is 19.4 Å². The third-order valence-electron chi connectivity index (χ3n) is 5.43. The standard InChI is InChI=1S/C22H21N3/c1-16-21-14-19(24-11-2-3-12-24)7-6-18(21)15-25(16)20-8-9-22-17(13-20)5-4-10-23-22/h4-10,13-14H,1-3,11-12,15H2. The summed E-state index contributed by atoms with van der Waals surface area (Å²) in [6.07, 6.45) is 4.44. The van der Waals surface area contributed by atoms with Gasteiger partial charge in [0.05, 0.1) is 5.52 Å². The zero-order chi connectivity index (χ0) is 16.8. The fourth-order valence-electron chi connectivity index (χ4n) is 4.03. The highest BCUT2D eigenvalue weighted by Gasteiger charge is 2.25. The van der Waals surface area contributed by atoms with E-state index in [1.165, 1.54) is 53.8 Å². The van der Waals surface area contributed by atoms with Gasteiger partial charge >= 0.3 is 0 Å². The summed E-state index contributed by atoms with van der Waals surface area (Å²) in [5, 5.41) is 1.17. The van der Waals surface area contributed by atoms with Crippen molar-refractivity contribution < 1.29 is 0 Å². The average Bonchev–Trinajstić information content (AvgIpc) is 3.30. The van der Waals surface area contributed by atoms with Gasteiger partial charge in [0.1, 0.15) is 0 Å². The summed E-state index contributed by atoms with van der Waals surface area (Å²) >= 11 is 0. The molecule has 1 saturated heterocycles. The maximum Gasteiger partial charge on any atom is 0.0703 e. The Hall–Kier alpha value is -2.81. The SMILES string of the molecule is C=C1c2cc(N3CCCC3)ccc2CN1c1ccc2ncccc2c1. The molecule has 0 atom stereocenters. The van der Waals surface area contributed by atoms with Gasteiger partial charge in [0.2, 0.25) is 0 Å². The highest BCUT2D eigenvalue weighted by Crippen LogP contribution is 2.38. The molecule has 25 heavy (non-hydrogen) atoms. The number of aromatic nitrogens is 1. The predicted molar refractivity (Wildman–Crippen MR) is 105 cm³/mol. The van der Waals surface area contributed by atoms with Crippen LogP contribution in [0.2, 0.25) is 0 Å². The quantitative estimate of drug-likeness (QED) is 0.672. The monoisotopic (exact) mass is 327 g/mol.